The monoisotopic (exact) mass is 275 g/mol. The summed E-state index contributed by atoms with van der Waals surface area (Å²) in [7, 11) is 0. The maximum atomic E-state index is 12.2. The Kier molecular flexibility index (Phi) is 4.20. The minimum Gasteiger partial charge on any atom is -0.392 e. The number of aryl methyl sites for hydroxylation is 1. The second-order valence-corrected chi connectivity index (χ2v) is 4.67. The highest BCUT2D eigenvalue weighted by Crippen LogP contribution is 2.19. The maximum absolute atomic E-state index is 12.2. The van der Waals surface area contributed by atoms with Crippen molar-refractivity contribution in [1.82, 2.24) is 0 Å². The minimum absolute atomic E-state index is 0.120. The smallest absolute Gasteiger partial charge is 0.255 e. The molecule has 0 bridgehead atoms. The van der Waals surface area contributed by atoms with Gasteiger partial charge in [0.25, 0.3) is 5.91 Å². The first-order valence-electron chi connectivity index (χ1n) is 5.88. The van der Waals surface area contributed by atoms with Crippen molar-refractivity contribution >= 4 is 23.2 Å². The van der Waals surface area contributed by atoms with Gasteiger partial charge in [0.15, 0.2) is 0 Å². The summed E-state index contributed by atoms with van der Waals surface area (Å²) in [6.45, 7) is 1.73. The van der Waals surface area contributed by atoms with E-state index in [-0.39, 0.29) is 12.5 Å². The molecule has 2 rings (SSSR count). The van der Waals surface area contributed by atoms with Crippen LogP contribution in [0.15, 0.2) is 42.5 Å². The first-order valence-corrected chi connectivity index (χ1v) is 6.26. The number of benzene rings is 2. The lowest BCUT2D eigenvalue weighted by Crippen LogP contribution is -2.14. The molecule has 2 aromatic carbocycles. The average molecular weight is 276 g/mol. The van der Waals surface area contributed by atoms with Crippen LogP contribution in [0.2, 0.25) is 5.02 Å². The molecule has 3 nitrogen and oxygen atoms in total. The number of rotatable bonds is 3. The Morgan fingerprint density at radius 2 is 2.00 bits per heavy atom. The molecule has 2 N–H and O–H groups in total. The number of aliphatic hydroxyl groups excluding tert-OH is 1. The van der Waals surface area contributed by atoms with Gasteiger partial charge in [-0.3, -0.25) is 4.79 Å². The lowest BCUT2D eigenvalue weighted by molar-refractivity contribution is 0.102. The van der Waals surface area contributed by atoms with Crippen LogP contribution in [0.1, 0.15) is 21.5 Å². The standard InChI is InChI=1S/C15H14ClNO2/c1-10-6-7-12(16)8-13(10)15(19)17-14-5-3-2-4-11(14)9-18/h2-8,18H,9H2,1H3,(H,17,19). The number of nitrogens with one attached hydrogen (secondary N) is 1. The molecule has 0 aliphatic rings. The van der Waals surface area contributed by atoms with E-state index in [1.165, 1.54) is 0 Å². The van der Waals surface area contributed by atoms with Crippen molar-refractivity contribution in [2.24, 2.45) is 0 Å². The number of hydrogen-bond donors (Lipinski definition) is 2. The Morgan fingerprint density at radius 1 is 1.26 bits per heavy atom. The molecule has 4 heteroatoms. The predicted octanol–water partition coefficient (Wildman–Crippen LogP) is 3.39. The van der Waals surface area contributed by atoms with E-state index in [1.54, 1.807) is 36.4 Å². The van der Waals surface area contributed by atoms with Crippen LogP contribution in [0.5, 0.6) is 0 Å². The van der Waals surface area contributed by atoms with E-state index in [0.717, 1.165) is 5.56 Å². The topological polar surface area (TPSA) is 49.3 Å². The zero-order valence-electron chi connectivity index (χ0n) is 10.5. The molecule has 1 amide bonds. The third kappa shape index (κ3) is 3.13. The van der Waals surface area contributed by atoms with Crippen molar-refractivity contribution in [2.75, 3.05) is 5.32 Å². The van der Waals surface area contributed by atoms with E-state index in [0.29, 0.717) is 21.8 Å². The molecule has 0 unspecified atom stereocenters. The molecule has 0 saturated carbocycles. The molecule has 19 heavy (non-hydrogen) atoms. The Bertz CT molecular complexity index is 611. The summed E-state index contributed by atoms with van der Waals surface area (Å²) in [5.41, 5.74) is 2.66. The molecule has 0 aliphatic heterocycles. The highest BCUT2D eigenvalue weighted by molar-refractivity contribution is 6.31. The molecular formula is C15H14ClNO2. The van der Waals surface area contributed by atoms with Crippen molar-refractivity contribution in [3.05, 3.63) is 64.2 Å². The normalized spacial score (nSPS) is 10.3. The third-order valence-corrected chi connectivity index (χ3v) is 3.12. The van der Waals surface area contributed by atoms with Crippen LogP contribution in [-0.4, -0.2) is 11.0 Å². The highest BCUT2D eigenvalue weighted by atomic mass is 35.5. The molecular weight excluding hydrogens is 262 g/mol. The largest absolute Gasteiger partial charge is 0.392 e. The van der Waals surface area contributed by atoms with E-state index >= 15 is 0 Å². The summed E-state index contributed by atoms with van der Waals surface area (Å²) in [5, 5.41) is 12.5. The van der Waals surface area contributed by atoms with E-state index in [2.05, 4.69) is 5.32 Å². The van der Waals surface area contributed by atoms with Crippen LogP contribution in [0, 0.1) is 6.92 Å². The van der Waals surface area contributed by atoms with Gasteiger partial charge in [0, 0.05) is 21.8 Å². The molecule has 2 aromatic rings. The summed E-state index contributed by atoms with van der Waals surface area (Å²) < 4.78 is 0. The fraction of sp³-hybridized carbons (Fsp3) is 0.133. The number of hydrogen-bond acceptors (Lipinski definition) is 2. The fourth-order valence-corrected chi connectivity index (χ4v) is 1.98. The maximum Gasteiger partial charge on any atom is 0.255 e. The third-order valence-electron chi connectivity index (χ3n) is 2.88. The zero-order valence-corrected chi connectivity index (χ0v) is 11.2. The second kappa shape index (κ2) is 5.87. The van der Waals surface area contributed by atoms with Gasteiger partial charge < -0.3 is 10.4 Å². The highest BCUT2D eigenvalue weighted by Gasteiger charge is 2.11. The van der Waals surface area contributed by atoms with E-state index < -0.39 is 0 Å². The SMILES string of the molecule is Cc1ccc(Cl)cc1C(=O)Nc1ccccc1CO. The van der Waals surface area contributed by atoms with E-state index in [9.17, 15) is 9.90 Å². The van der Waals surface area contributed by atoms with Crippen LogP contribution in [-0.2, 0) is 6.61 Å². The fourth-order valence-electron chi connectivity index (χ4n) is 1.81. The number of aliphatic hydroxyl groups is 1. The number of carbonyl (C=O) groups is 1. The summed E-state index contributed by atoms with van der Waals surface area (Å²) in [5.74, 6) is -0.235. The van der Waals surface area contributed by atoms with Gasteiger partial charge >= 0.3 is 0 Å². The zero-order chi connectivity index (χ0) is 13.8. The molecule has 0 heterocycles. The number of anilines is 1. The number of amides is 1. The van der Waals surface area contributed by atoms with Gasteiger partial charge in [-0.2, -0.15) is 0 Å². The van der Waals surface area contributed by atoms with Gasteiger partial charge in [-0.25, -0.2) is 0 Å². The van der Waals surface area contributed by atoms with Gasteiger partial charge in [-0.05, 0) is 30.7 Å². The van der Waals surface area contributed by atoms with Gasteiger partial charge in [0.2, 0.25) is 0 Å². The molecule has 0 spiro atoms. The van der Waals surface area contributed by atoms with Crippen molar-refractivity contribution in [3.63, 3.8) is 0 Å². The van der Waals surface area contributed by atoms with Crippen molar-refractivity contribution < 1.29 is 9.90 Å². The molecule has 0 saturated heterocycles. The van der Waals surface area contributed by atoms with Crippen LogP contribution in [0.4, 0.5) is 5.69 Å². The number of halogens is 1. The van der Waals surface area contributed by atoms with Crippen molar-refractivity contribution in [2.45, 2.75) is 13.5 Å². The Hall–Kier alpha value is -1.84. The van der Waals surface area contributed by atoms with Crippen LogP contribution in [0.3, 0.4) is 0 Å². The van der Waals surface area contributed by atoms with Crippen molar-refractivity contribution in [3.8, 4) is 0 Å². The van der Waals surface area contributed by atoms with E-state index in [4.69, 9.17) is 11.6 Å². The molecule has 0 fully saturated rings. The van der Waals surface area contributed by atoms with E-state index in [1.807, 2.05) is 13.0 Å². The van der Waals surface area contributed by atoms with Gasteiger partial charge in [-0.1, -0.05) is 35.9 Å². The quantitative estimate of drug-likeness (QED) is 0.902. The van der Waals surface area contributed by atoms with Crippen LogP contribution < -0.4 is 5.32 Å². The van der Waals surface area contributed by atoms with Gasteiger partial charge in [-0.15, -0.1) is 0 Å². The molecule has 0 aliphatic carbocycles. The molecule has 0 radical (unpaired) electrons. The first-order chi connectivity index (χ1) is 9.11. The second-order valence-electron chi connectivity index (χ2n) is 4.23. The molecule has 0 atom stereocenters. The van der Waals surface area contributed by atoms with Crippen LogP contribution in [0.25, 0.3) is 0 Å². The Balaban J connectivity index is 2.28. The van der Waals surface area contributed by atoms with Crippen LogP contribution >= 0.6 is 11.6 Å². The lowest BCUT2D eigenvalue weighted by atomic mass is 10.1. The van der Waals surface area contributed by atoms with Gasteiger partial charge in [0.05, 0.1) is 6.61 Å². The summed E-state index contributed by atoms with van der Waals surface area (Å²) in [6.07, 6.45) is 0. The molecule has 0 aromatic heterocycles. The summed E-state index contributed by atoms with van der Waals surface area (Å²) >= 11 is 5.90. The van der Waals surface area contributed by atoms with Gasteiger partial charge in [0.1, 0.15) is 0 Å². The van der Waals surface area contributed by atoms with Crippen molar-refractivity contribution in [1.29, 1.82) is 0 Å². The first kappa shape index (κ1) is 13.6. The Labute approximate surface area is 116 Å². The average Bonchev–Trinajstić information content (AvgIpc) is 2.42. The summed E-state index contributed by atoms with van der Waals surface area (Å²) in [6, 6.07) is 12.3. The summed E-state index contributed by atoms with van der Waals surface area (Å²) in [4.78, 5) is 12.2. The predicted molar refractivity (Wildman–Crippen MR) is 76.5 cm³/mol. The molecule has 98 valence electrons. The number of para-hydroxylation sites is 1. The minimum atomic E-state index is -0.235. The number of carbonyl (C=O) groups excluding carboxylic acids is 1. The Morgan fingerprint density at radius 3 is 2.74 bits per heavy atom. The lowest BCUT2D eigenvalue weighted by Gasteiger charge is -2.11.